The maximum absolute atomic E-state index is 11.3. The molecule has 11 heteroatoms. The first-order valence-electron chi connectivity index (χ1n) is 10.4. The molecule has 0 saturated heterocycles. The number of carbonyl (C=O) groups excluding carboxylic acids is 1. The molecule has 10 nitrogen and oxygen atoms in total. The third-order valence-electron chi connectivity index (χ3n) is 5.09. The van der Waals surface area contributed by atoms with Crippen molar-refractivity contribution in [2.75, 3.05) is 26.1 Å². The van der Waals surface area contributed by atoms with Crippen molar-refractivity contribution >= 4 is 34.8 Å². The zero-order chi connectivity index (χ0) is 24.1. The highest BCUT2D eigenvalue weighted by Crippen LogP contribution is 2.35. The van der Waals surface area contributed by atoms with E-state index in [9.17, 15) is 4.79 Å². The molecule has 2 aromatic heterocycles. The fourth-order valence-electron chi connectivity index (χ4n) is 3.37. The maximum atomic E-state index is 11.3. The summed E-state index contributed by atoms with van der Waals surface area (Å²) < 4.78 is 26.2. The number of alkyl carbamates (subject to hydrolysis) is 1. The molecule has 2 heterocycles. The Hall–Kier alpha value is -3.86. The molecule has 0 aliphatic rings. The number of nitrogens with one attached hydrogen (secondary N) is 2. The van der Waals surface area contributed by atoms with Crippen LogP contribution in [0.4, 0.5) is 10.6 Å². The molecule has 4 rings (SSSR count). The van der Waals surface area contributed by atoms with Crippen LogP contribution in [-0.4, -0.2) is 42.4 Å². The number of fused-ring (bicyclic) bond motifs is 1. The minimum atomic E-state index is -0.492. The number of benzene rings is 2. The summed E-state index contributed by atoms with van der Waals surface area (Å²) in [5, 5.41) is 12.0. The first kappa shape index (κ1) is 23.3. The van der Waals surface area contributed by atoms with Crippen LogP contribution in [0.2, 0.25) is 0 Å². The highest BCUT2D eigenvalue weighted by atomic mass is 32.2. The van der Waals surface area contributed by atoms with Gasteiger partial charge in [-0.05, 0) is 48.7 Å². The van der Waals surface area contributed by atoms with Crippen molar-refractivity contribution in [1.82, 2.24) is 20.3 Å². The Balaban J connectivity index is 1.51. The molecule has 0 fully saturated rings. The van der Waals surface area contributed by atoms with Gasteiger partial charge >= 0.3 is 6.09 Å². The average Bonchev–Trinajstić information content (AvgIpc) is 3.47. The van der Waals surface area contributed by atoms with Gasteiger partial charge in [0.25, 0.3) is 0 Å². The molecular formula is C23H25N5O5S. The maximum Gasteiger partial charge on any atom is 0.407 e. The largest absolute Gasteiger partial charge is 0.496 e. The molecule has 0 unspecified atom stereocenters. The van der Waals surface area contributed by atoms with Crippen molar-refractivity contribution in [2.24, 2.45) is 0 Å². The van der Waals surface area contributed by atoms with Crippen molar-refractivity contribution in [2.45, 2.75) is 24.9 Å². The standard InChI is InChI=1S/C23H25N5O5S/c1-14-5-6-18(30-2)21(7-14)34-27-22-17-9-19(31-3)16(8-20(17)33-26-22)13-28-12-15(11-25-28)10-24-23(29)32-4/h5-9,11-12H,10,13H2,1-4H3,(H,24,29)(H,26,27). The lowest BCUT2D eigenvalue weighted by Gasteiger charge is -2.10. The summed E-state index contributed by atoms with van der Waals surface area (Å²) in [6.45, 7) is 2.80. The smallest absolute Gasteiger partial charge is 0.407 e. The molecule has 4 aromatic rings. The third-order valence-corrected chi connectivity index (χ3v) is 5.93. The van der Waals surface area contributed by atoms with Gasteiger partial charge in [0.2, 0.25) is 0 Å². The van der Waals surface area contributed by atoms with Crippen molar-refractivity contribution < 1.29 is 23.5 Å². The number of methoxy groups -OCH3 is 3. The topological polar surface area (TPSA) is 113 Å². The fraction of sp³-hybridized carbons (Fsp3) is 0.261. The summed E-state index contributed by atoms with van der Waals surface area (Å²) in [4.78, 5) is 12.2. The number of amides is 1. The van der Waals surface area contributed by atoms with Crippen LogP contribution in [0.15, 0.2) is 52.1 Å². The number of rotatable bonds is 9. The molecule has 178 valence electrons. The number of aromatic nitrogens is 3. The van der Waals surface area contributed by atoms with E-state index in [1.807, 2.05) is 43.5 Å². The number of aryl methyl sites for hydroxylation is 1. The van der Waals surface area contributed by atoms with E-state index in [1.165, 1.54) is 19.1 Å². The molecular weight excluding hydrogens is 458 g/mol. The van der Waals surface area contributed by atoms with E-state index < -0.39 is 6.09 Å². The lowest BCUT2D eigenvalue weighted by molar-refractivity contribution is 0.170. The molecule has 2 aromatic carbocycles. The van der Waals surface area contributed by atoms with Crippen molar-refractivity contribution in [3.63, 3.8) is 0 Å². The van der Waals surface area contributed by atoms with Gasteiger partial charge in [-0.15, -0.1) is 0 Å². The number of hydrogen-bond donors (Lipinski definition) is 2. The van der Waals surface area contributed by atoms with E-state index in [0.717, 1.165) is 32.7 Å². The molecule has 0 bridgehead atoms. The molecule has 0 spiro atoms. The van der Waals surface area contributed by atoms with Crippen molar-refractivity contribution in [3.8, 4) is 11.5 Å². The van der Waals surface area contributed by atoms with Gasteiger partial charge in [-0.25, -0.2) is 4.79 Å². The number of carbonyl (C=O) groups is 1. The Kier molecular flexibility index (Phi) is 7.12. The monoisotopic (exact) mass is 483 g/mol. The zero-order valence-corrected chi connectivity index (χ0v) is 20.1. The Labute approximate surface area is 200 Å². The van der Waals surface area contributed by atoms with E-state index in [-0.39, 0.29) is 0 Å². The minimum absolute atomic E-state index is 0.323. The third kappa shape index (κ3) is 5.20. The second kappa shape index (κ2) is 10.4. The van der Waals surface area contributed by atoms with Crippen LogP contribution in [0, 0.1) is 6.92 Å². The van der Waals surface area contributed by atoms with E-state index in [1.54, 1.807) is 25.1 Å². The summed E-state index contributed by atoms with van der Waals surface area (Å²) in [5.41, 5.74) is 3.47. The van der Waals surface area contributed by atoms with Crippen LogP contribution >= 0.6 is 11.9 Å². The molecule has 0 radical (unpaired) electrons. The normalized spacial score (nSPS) is 10.8. The SMILES string of the molecule is COC(=O)NCc1cnn(Cc2cc3onc(NSc4cc(C)ccc4OC)c3cc2OC)c1. The second-order valence-corrected chi connectivity index (χ2v) is 8.29. The van der Waals surface area contributed by atoms with Crippen LogP contribution in [-0.2, 0) is 17.8 Å². The van der Waals surface area contributed by atoms with E-state index in [2.05, 4.69) is 25.0 Å². The summed E-state index contributed by atoms with van der Waals surface area (Å²) in [7, 11) is 4.58. The Morgan fingerprint density at radius 3 is 2.74 bits per heavy atom. The summed E-state index contributed by atoms with van der Waals surface area (Å²) >= 11 is 1.40. The molecule has 0 aliphatic carbocycles. The molecule has 0 atom stereocenters. The lowest BCUT2D eigenvalue weighted by atomic mass is 10.1. The van der Waals surface area contributed by atoms with Crippen LogP contribution in [0.25, 0.3) is 11.0 Å². The van der Waals surface area contributed by atoms with Crippen LogP contribution in [0.1, 0.15) is 16.7 Å². The van der Waals surface area contributed by atoms with Gasteiger partial charge in [-0.1, -0.05) is 11.2 Å². The first-order valence-corrected chi connectivity index (χ1v) is 11.2. The van der Waals surface area contributed by atoms with Crippen molar-refractivity contribution in [1.29, 1.82) is 0 Å². The first-order chi connectivity index (χ1) is 16.5. The van der Waals surface area contributed by atoms with Gasteiger partial charge in [0, 0.05) is 23.9 Å². The average molecular weight is 484 g/mol. The predicted molar refractivity (Wildman–Crippen MR) is 128 cm³/mol. The van der Waals surface area contributed by atoms with Gasteiger partial charge in [-0.2, -0.15) is 5.10 Å². The molecule has 1 amide bonds. The highest BCUT2D eigenvalue weighted by molar-refractivity contribution is 8.00. The second-order valence-electron chi connectivity index (χ2n) is 7.44. The summed E-state index contributed by atoms with van der Waals surface area (Å²) in [6, 6.07) is 9.75. The summed E-state index contributed by atoms with van der Waals surface area (Å²) in [5.74, 6) is 2.04. The van der Waals surface area contributed by atoms with Crippen LogP contribution < -0.4 is 19.5 Å². The highest BCUT2D eigenvalue weighted by Gasteiger charge is 2.15. The van der Waals surface area contributed by atoms with Gasteiger partial charge < -0.3 is 28.8 Å². The van der Waals surface area contributed by atoms with Gasteiger partial charge in [-0.3, -0.25) is 4.68 Å². The summed E-state index contributed by atoms with van der Waals surface area (Å²) in [6.07, 6.45) is 3.04. The van der Waals surface area contributed by atoms with E-state index in [0.29, 0.717) is 30.2 Å². The number of nitrogens with zero attached hydrogens (tertiary/aromatic N) is 3. The predicted octanol–water partition coefficient (Wildman–Crippen LogP) is 4.37. The fourth-order valence-corrected chi connectivity index (χ4v) is 4.22. The van der Waals surface area contributed by atoms with Crippen LogP contribution in [0.3, 0.4) is 0 Å². The van der Waals surface area contributed by atoms with E-state index >= 15 is 0 Å². The molecule has 0 saturated carbocycles. The zero-order valence-electron chi connectivity index (χ0n) is 19.2. The molecule has 0 aliphatic heterocycles. The van der Waals surface area contributed by atoms with E-state index in [4.69, 9.17) is 14.0 Å². The van der Waals surface area contributed by atoms with Crippen LogP contribution in [0.5, 0.6) is 11.5 Å². The Morgan fingerprint density at radius 1 is 1.15 bits per heavy atom. The van der Waals surface area contributed by atoms with Gasteiger partial charge in [0.05, 0.1) is 44.4 Å². The molecule has 34 heavy (non-hydrogen) atoms. The number of hydrogen-bond acceptors (Lipinski definition) is 9. The quantitative estimate of drug-likeness (QED) is 0.335. The van der Waals surface area contributed by atoms with Crippen molar-refractivity contribution in [3.05, 3.63) is 59.4 Å². The number of anilines is 1. The Bertz CT molecular complexity index is 1300. The Morgan fingerprint density at radius 2 is 1.97 bits per heavy atom. The molecule has 2 N–H and O–H groups in total. The van der Waals surface area contributed by atoms with Gasteiger partial charge in [0.15, 0.2) is 11.4 Å². The number of ether oxygens (including phenoxy) is 3. The lowest BCUT2D eigenvalue weighted by Crippen LogP contribution is -2.21. The van der Waals surface area contributed by atoms with Gasteiger partial charge in [0.1, 0.15) is 11.5 Å². The minimum Gasteiger partial charge on any atom is -0.496 e.